The molecule has 0 aromatic heterocycles. The molecular weight excluding hydrogens is 343 g/mol. The van der Waals surface area contributed by atoms with Crippen molar-refractivity contribution >= 4 is 0 Å². The second-order valence-corrected chi connectivity index (χ2v) is 7.48. The van der Waals surface area contributed by atoms with Crippen LogP contribution in [0, 0.1) is 0 Å². The van der Waals surface area contributed by atoms with Gasteiger partial charge in [0.2, 0.25) is 0 Å². The van der Waals surface area contributed by atoms with E-state index < -0.39 is 0 Å². The second-order valence-electron chi connectivity index (χ2n) is 7.48. The third-order valence-electron chi connectivity index (χ3n) is 5.10. The molecule has 0 amide bonds. The molecule has 2 aromatic rings. The molecule has 1 unspecified atom stereocenters. The summed E-state index contributed by atoms with van der Waals surface area (Å²) >= 11 is 0. The Balaban J connectivity index is 1.64. The summed E-state index contributed by atoms with van der Waals surface area (Å²) in [6.45, 7) is 5.24. The minimum Gasteiger partial charge on any atom is -0.494 e. The number of alkyl halides is 1. The lowest BCUT2D eigenvalue weighted by Gasteiger charge is -2.27. The molecule has 0 saturated carbocycles. The molecule has 2 aromatic carbocycles. The van der Waals surface area contributed by atoms with Gasteiger partial charge in [-0.05, 0) is 48.2 Å². The number of rotatable bonds is 8. The molecule has 0 bridgehead atoms. The molecule has 4 heteroatoms. The Hall–Kier alpha value is -2.07. The monoisotopic (exact) mass is 372 g/mol. The van der Waals surface area contributed by atoms with Crippen molar-refractivity contribution in [2.24, 2.45) is 0 Å². The van der Waals surface area contributed by atoms with Crippen molar-refractivity contribution in [3.05, 3.63) is 59.7 Å². The maximum atomic E-state index is 12.2. The van der Waals surface area contributed by atoms with E-state index in [0.717, 1.165) is 37.4 Å². The number of hydrogen-bond acceptors (Lipinski definition) is 3. The van der Waals surface area contributed by atoms with Gasteiger partial charge in [0.1, 0.15) is 11.5 Å². The van der Waals surface area contributed by atoms with Crippen LogP contribution in [-0.2, 0) is 10.2 Å². The first-order valence-electron chi connectivity index (χ1n) is 9.78. The standard InChI is InChI=1S/C23H29FO3/c1-23(2,18-7-11-20(12-8-18)25-17-5-15-24)19-9-13-21(14-10-19)27-22-6-3-4-16-26-22/h7-14,22H,3-6,15-17H2,1-2H3. The smallest absolute Gasteiger partial charge is 0.199 e. The van der Waals surface area contributed by atoms with Crippen molar-refractivity contribution < 1.29 is 18.6 Å². The lowest BCUT2D eigenvalue weighted by atomic mass is 9.78. The largest absolute Gasteiger partial charge is 0.494 e. The Kier molecular flexibility index (Phi) is 6.73. The summed E-state index contributed by atoms with van der Waals surface area (Å²) in [6, 6.07) is 16.3. The fourth-order valence-electron chi connectivity index (χ4n) is 3.29. The van der Waals surface area contributed by atoms with Crippen LogP contribution in [0.5, 0.6) is 11.5 Å². The Morgan fingerprint density at radius 1 is 0.963 bits per heavy atom. The summed E-state index contributed by atoms with van der Waals surface area (Å²) in [5.41, 5.74) is 2.27. The topological polar surface area (TPSA) is 27.7 Å². The molecule has 0 N–H and O–H groups in total. The molecule has 1 heterocycles. The molecule has 146 valence electrons. The van der Waals surface area contributed by atoms with Crippen molar-refractivity contribution in [1.82, 2.24) is 0 Å². The SMILES string of the molecule is CC(C)(c1ccc(OCCCF)cc1)c1ccc(OC2CCCCO2)cc1. The first-order valence-corrected chi connectivity index (χ1v) is 9.78. The van der Waals surface area contributed by atoms with Gasteiger partial charge >= 0.3 is 0 Å². The Morgan fingerprint density at radius 2 is 1.59 bits per heavy atom. The first kappa shape index (κ1) is 19.7. The Morgan fingerprint density at radius 3 is 2.15 bits per heavy atom. The van der Waals surface area contributed by atoms with Crippen LogP contribution in [0.15, 0.2) is 48.5 Å². The molecule has 0 radical (unpaired) electrons. The molecule has 1 fully saturated rings. The van der Waals surface area contributed by atoms with Gasteiger partial charge in [-0.2, -0.15) is 0 Å². The van der Waals surface area contributed by atoms with Crippen LogP contribution >= 0.6 is 0 Å². The lowest BCUT2D eigenvalue weighted by molar-refractivity contribution is -0.105. The summed E-state index contributed by atoms with van der Waals surface area (Å²) in [5.74, 6) is 1.62. The van der Waals surface area contributed by atoms with Gasteiger partial charge in [-0.25, -0.2) is 0 Å². The minimum atomic E-state index is -0.350. The van der Waals surface area contributed by atoms with Crippen molar-refractivity contribution in [2.45, 2.75) is 51.2 Å². The number of halogens is 1. The van der Waals surface area contributed by atoms with E-state index in [1.54, 1.807) is 0 Å². The molecule has 3 nitrogen and oxygen atoms in total. The number of hydrogen-bond donors (Lipinski definition) is 0. The summed E-state index contributed by atoms with van der Waals surface area (Å²) in [6.07, 6.45) is 3.53. The van der Waals surface area contributed by atoms with Crippen LogP contribution in [-0.4, -0.2) is 26.2 Å². The highest BCUT2D eigenvalue weighted by molar-refractivity contribution is 5.41. The highest BCUT2D eigenvalue weighted by Crippen LogP contribution is 2.33. The fraction of sp³-hybridized carbons (Fsp3) is 0.478. The predicted octanol–water partition coefficient (Wildman–Crippen LogP) is 5.66. The molecular formula is C23H29FO3. The molecule has 0 aliphatic carbocycles. The van der Waals surface area contributed by atoms with Crippen LogP contribution < -0.4 is 9.47 Å². The Labute approximate surface area is 161 Å². The van der Waals surface area contributed by atoms with Gasteiger partial charge in [-0.15, -0.1) is 0 Å². The summed E-state index contributed by atoms with van der Waals surface area (Å²) < 4.78 is 29.3. The van der Waals surface area contributed by atoms with Gasteiger partial charge in [0, 0.05) is 18.3 Å². The van der Waals surface area contributed by atoms with E-state index in [2.05, 4.69) is 38.1 Å². The zero-order valence-electron chi connectivity index (χ0n) is 16.2. The van der Waals surface area contributed by atoms with Crippen molar-refractivity contribution in [1.29, 1.82) is 0 Å². The van der Waals surface area contributed by atoms with Crippen LogP contribution in [0.2, 0.25) is 0 Å². The van der Waals surface area contributed by atoms with Gasteiger partial charge in [-0.3, -0.25) is 4.39 Å². The van der Waals surface area contributed by atoms with E-state index in [1.165, 1.54) is 11.1 Å². The van der Waals surface area contributed by atoms with Gasteiger partial charge in [0.25, 0.3) is 0 Å². The van der Waals surface area contributed by atoms with Gasteiger partial charge in [0.15, 0.2) is 6.29 Å². The van der Waals surface area contributed by atoms with E-state index >= 15 is 0 Å². The minimum absolute atomic E-state index is 0.123. The highest BCUT2D eigenvalue weighted by Gasteiger charge is 2.23. The fourth-order valence-corrected chi connectivity index (χ4v) is 3.29. The van der Waals surface area contributed by atoms with Crippen LogP contribution in [0.4, 0.5) is 4.39 Å². The van der Waals surface area contributed by atoms with Crippen molar-refractivity contribution in [2.75, 3.05) is 19.9 Å². The van der Waals surface area contributed by atoms with Gasteiger partial charge in [-0.1, -0.05) is 38.1 Å². The molecule has 1 aliphatic heterocycles. The van der Waals surface area contributed by atoms with Crippen molar-refractivity contribution in [3.63, 3.8) is 0 Å². The Bertz CT molecular complexity index is 689. The molecule has 27 heavy (non-hydrogen) atoms. The third-order valence-corrected chi connectivity index (χ3v) is 5.10. The average molecular weight is 372 g/mol. The average Bonchev–Trinajstić information content (AvgIpc) is 2.70. The van der Waals surface area contributed by atoms with E-state index in [-0.39, 0.29) is 18.4 Å². The molecule has 1 atom stereocenters. The van der Waals surface area contributed by atoms with E-state index in [1.807, 2.05) is 24.3 Å². The predicted molar refractivity (Wildman–Crippen MR) is 105 cm³/mol. The third kappa shape index (κ3) is 5.23. The normalized spacial score (nSPS) is 17.5. The quantitative estimate of drug-likeness (QED) is 0.560. The number of benzene rings is 2. The maximum absolute atomic E-state index is 12.2. The molecule has 0 spiro atoms. The van der Waals surface area contributed by atoms with Crippen LogP contribution in [0.25, 0.3) is 0 Å². The van der Waals surface area contributed by atoms with Crippen molar-refractivity contribution in [3.8, 4) is 11.5 Å². The zero-order valence-corrected chi connectivity index (χ0v) is 16.2. The molecule has 1 aliphatic rings. The summed E-state index contributed by atoms with van der Waals surface area (Å²) in [5, 5.41) is 0. The van der Waals surface area contributed by atoms with Crippen LogP contribution in [0.1, 0.15) is 50.7 Å². The van der Waals surface area contributed by atoms with Gasteiger partial charge < -0.3 is 14.2 Å². The van der Waals surface area contributed by atoms with Gasteiger partial charge in [0.05, 0.1) is 19.9 Å². The number of ether oxygens (including phenoxy) is 3. The molecule has 1 saturated heterocycles. The maximum Gasteiger partial charge on any atom is 0.199 e. The van der Waals surface area contributed by atoms with E-state index in [0.29, 0.717) is 13.0 Å². The van der Waals surface area contributed by atoms with E-state index in [4.69, 9.17) is 14.2 Å². The first-order chi connectivity index (χ1) is 13.1. The lowest BCUT2D eigenvalue weighted by Crippen LogP contribution is -2.25. The van der Waals surface area contributed by atoms with Crippen LogP contribution in [0.3, 0.4) is 0 Å². The second kappa shape index (κ2) is 9.23. The van der Waals surface area contributed by atoms with E-state index in [9.17, 15) is 4.39 Å². The molecule has 3 rings (SSSR count). The summed E-state index contributed by atoms with van der Waals surface area (Å²) in [7, 11) is 0. The zero-order chi connectivity index (χ0) is 19.1. The summed E-state index contributed by atoms with van der Waals surface area (Å²) in [4.78, 5) is 0. The highest BCUT2D eigenvalue weighted by atomic mass is 19.1.